The van der Waals surface area contributed by atoms with Crippen molar-refractivity contribution in [2.75, 3.05) is 7.11 Å². The molecular weight excluding hydrogens is 254 g/mol. The Hall–Kier alpha value is -2.49. The second-order valence-electron chi connectivity index (χ2n) is 4.59. The molecule has 0 saturated carbocycles. The first-order chi connectivity index (χ1) is 9.51. The van der Waals surface area contributed by atoms with Crippen LogP contribution in [0.3, 0.4) is 0 Å². The van der Waals surface area contributed by atoms with Crippen LogP contribution in [-0.4, -0.2) is 16.8 Å². The standard InChI is InChI=1S/C16H17NO3/c1-11-8-14(18)9-12(2)17(11)7-6-13-4-5-16(20-3)15(19)10-13/h4-10,19H,1-3H3. The smallest absolute Gasteiger partial charge is 0.182 e. The zero-order chi connectivity index (χ0) is 14.7. The molecule has 0 amide bonds. The average Bonchev–Trinajstić information content (AvgIpc) is 2.37. The molecule has 0 atom stereocenters. The number of ether oxygens (including phenoxy) is 1. The fourth-order valence-electron chi connectivity index (χ4n) is 2.08. The summed E-state index contributed by atoms with van der Waals surface area (Å²) in [5.74, 6) is 0.542. The van der Waals surface area contributed by atoms with Crippen LogP contribution in [0.25, 0.3) is 12.3 Å². The third kappa shape index (κ3) is 2.91. The van der Waals surface area contributed by atoms with Gasteiger partial charge >= 0.3 is 0 Å². The first kappa shape index (κ1) is 13.9. The molecule has 0 fully saturated rings. The van der Waals surface area contributed by atoms with Crippen molar-refractivity contribution in [1.29, 1.82) is 0 Å². The summed E-state index contributed by atoms with van der Waals surface area (Å²) in [4.78, 5) is 11.4. The van der Waals surface area contributed by atoms with Gasteiger partial charge in [0.15, 0.2) is 16.9 Å². The SMILES string of the molecule is COc1ccc(C=Cn2c(C)cc(=O)cc2C)cc1O. The molecular formula is C16H17NO3. The summed E-state index contributed by atoms with van der Waals surface area (Å²) >= 11 is 0. The number of aryl methyl sites for hydroxylation is 2. The molecule has 104 valence electrons. The number of rotatable bonds is 3. The fraction of sp³-hybridized carbons (Fsp3) is 0.188. The summed E-state index contributed by atoms with van der Waals surface area (Å²) in [6, 6.07) is 8.36. The summed E-state index contributed by atoms with van der Waals surface area (Å²) < 4.78 is 6.92. The predicted molar refractivity (Wildman–Crippen MR) is 80.1 cm³/mol. The minimum atomic E-state index is 0.00624. The van der Waals surface area contributed by atoms with Gasteiger partial charge < -0.3 is 14.4 Å². The molecule has 0 radical (unpaired) electrons. The second kappa shape index (κ2) is 5.65. The van der Waals surface area contributed by atoms with E-state index in [4.69, 9.17) is 4.74 Å². The topological polar surface area (TPSA) is 51.5 Å². The van der Waals surface area contributed by atoms with Gasteiger partial charge in [0.25, 0.3) is 0 Å². The number of benzene rings is 1. The minimum absolute atomic E-state index is 0.00624. The first-order valence-corrected chi connectivity index (χ1v) is 6.26. The van der Waals surface area contributed by atoms with Gasteiger partial charge in [-0.2, -0.15) is 0 Å². The zero-order valence-electron chi connectivity index (χ0n) is 11.8. The molecule has 1 heterocycles. The van der Waals surface area contributed by atoms with E-state index in [1.807, 2.05) is 36.8 Å². The quantitative estimate of drug-likeness (QED) is 0.934. The van der Waals surface area contributed by atoms with Gasteiger partial charge in [0.1, 0.15) is 0 Å². The van der Waals surface area contributed by atoms with E-state index >= 15 is 0 Å². The highest BCUT2D eigenvalue weighted by atomic mass is 16.5. The highest BCUT2D eigenvalue weighted by Crippen LogP contribution is 2.26. The number of nitrogens with zero attached hydrogens (tertiary/aromatic N) is 1. The van der Waals surface area contributed by atoms with E-state index in [-0.39, 0.29) is 11.2 Å². The van der Waals surface area contributed by atoms with E-state index in [1.165, 1.54) is 7.11 Å². The van der Waals surface area contributed by atoms with E-state index in [2.05, 4.69) is 0 Å². The molecule has 0 spiro atoms. The van der Waals surface area contributed by atoms with Crippen molar-refractivity contribution >= 4 is 12.3 Å². The van der Waals surface area contributed by atoms with Crippen molar-refractivity contribution in [2.24, 2.45) is 0 Å². The average molecular weight is 271 g/mol. The van der Waals surface area contributed by atoms with E-state index in [9.17, 15) is 9.90 Å². The maximum atomic E-state index is 11.4. The molecule has 1 N–H and O–H groups in total. The summed E-state index contributed by atoms with van der Waals surface area (Å²) in [5, 5.41) is 9.73. The van der Waals surface area contributed by atoms with Crippen LogP contribution in [-0.2, 0) is 0 Å². The van der Waals surface area contributed by atoms with Crippen LogP contribution in [0.5, 0.6) is 11.5 Å². The number of aromatic nitrogens is 1. The lowest BCUT2D eigenvalue weighted by Crippen LogP contribution is -2.08. The zero-order valence-corrected chi connectivity index (χ0v) is 11.8. The van der Waals surface area contributed by atoms with Crippen molar-refractivity contribution in [3.8, 4) is 11.5 Å². The molecule has 0 bridgehead atoms. The van der Waals surface area contributed by atoms with Crippen LogP contribution in [0.2, 0.25) is 0 Å². The second-order valence-corrected chi connectivity index (χ2v) is 4.59. The highest BCUT2D eigenvalue weighted by molar-refractivity contribution is 5.64. The maximum Gasteiger partial charge on any atom is 0.182 e. The normalized spacial score (nSPS) is 10.9. The molecule has 4 heteroatoms. The van der Waals surface area contributed by atoms with Crippen molar-refractivity contribution < 1.29 is 9.84 Å². The molecule has 0 aliphatic heterocycles. The molecule has 0 aliphatic carbocycles. The van der Waals surface area contributed by atoms with E-state index in [1.54, 1.807) is 24.3 Å². The first-order valence-electron chi connectivity index (χ1n) is 6.26. The van der Waals surface area contributed by atoms with E-state index in [0.717, 1.165) is 17.0 Å². The summed E-state index contributed by atoms with van der Waals surface area (Å²) in [7, 11) is 1.51. The van der Waals surface area contributed by atoms with E-state index in [0.29, 0.717) is 5.75 Å². The van der Waals surface area contributed by atoms with Gasteiger partial charge in [0.2, 0.25) is 0 Å². The number of phenolic OH excluding ortho intramolecular Hbond substituents is 1. The van der Waals surface area contributed by atoms with Crippen LogP contribution >= 0.6 is 0 Å². The lowest BCUT2D eigenvalue weighted by atomic mass is 10.2. The Morgan fingerprint density at radius 3 is 2.35 bits per heavy atom. The molecule has 2 aromatic rings. The van der Waals surface area contributed by atoms with Gasteiger partial charge in [-0.1, -0.05) is 6.07 Å². The molecule has 4 nitrogen and oxygen atoms in total. The number of hydrogen-bond donors (Lipinski definition) is 1. The Morgan fingerprint density at radius 1 is 1.15 bits per heavy atom. The van der Waals surface area contributed by atoms with Crippen LogP contribution in [0.15, 0.2) is 35.1 Å². The highest BCUT2D eigenvalue weighted by Gasteiger charge is 2.01. The van der Waals surface area contributed by atoms with Crippen LogP contribution in [0, 0.1) is 13.8 Å². The minimum Gasteiger partial charge on any atom is -0.504 e. The monoisotopic (exact) mass is 271 g/mol. The van der Waals surface area contributed by atoms with Crippen molar-refractivity contribution in [3.05, 3.63) is 57.5 Å². The number of methoxy groups -OCH3 is 1. The summed E-state index contributed by atoms with van der Waals surface area (Å²) in [6.45, 7) is 3.76. The van der Waals surface area contributed by atoms with Crippen molar-refractivity contribution in [3.63, 3.8) is 0 Å². The van der Waals surface area contributed by atoms with Crippen LogP contribution in [0.4, 0.5) is 0 Å². The molecule has 1 aromatic heterocycles. The number of phenols is 1. The third-order valence-electron chi connectivity index (χ3n) is 3.08. The molecule has 0 aliphatic rings. The maximum absolute atomic E-state index is 11.4. The molecule has 0 unspecified atom stereocenters. The van der Waals surface area contributed by atoms with Crippen LogP contribution in [0.1, 0.15) is 17.0 Å². The molecule has 20 heavy (non-hydrogen) atoms. The molecule has 0 saturated heterocycles. The Labute approximate surface area is 117 Å². The Balaban J connectivity index is 2.35. The van der Waals surface area contributed by atoms with Crippen molar-refractivity contribution in [2.45, 2.75) is 13.8 Å². The number of aromatic hydroxyl groups is 1. The largest absolute Gasteiger partial charge is 0.504 e. The lowest BCUT2D eigenvalue weighted by molar-refractivity contribution is 0.373. The lowest BCUT2D eigenvalue weighted by Gasteiger charge is -2.09. The predicted octanol–water partition coefficient (Wildman–Crippen LogP) is 2.81. The van der Waals surface area contributed by atoms with Gasteiger partial charge in [-0.15, -0.1) is 0 Å². The Morgan fingerprint density at radius 2 is 1.80 bits per heavy atom. The Bertz CT molecular complexity index is 688. The number of pyridine rings is 1. The van der Waals surface area contributed by atoms with Gasteiger partial charge in [0.05, 0.1) is 7.11 Å². The van der Waals surface area contributed by atoms with E-state index < -0.39 is 0 Å². The fourth-order valence-corrected chi connectivity index (χ4v) is 2.08. The summed E-state index contributed by atoms with van der Waals surface area (Å²) in [5.41, 5.74) is 2.58. The molecule has 1 aromatic carbocycles. The summed E-state index contributed by atoms with van der Waals surface area (Å²) in [6.07, 6.45) is 3.73. The van der Waals surface area contributed by atoms with Gasteiger partial charge in [0, 0.05) is 29.7 Å². The third-order valence-corrected chi connectivity index (χ3v) is 3.08. The van der Waals surface area contributed by atoms with Gasteiger partial charge in [-0.3, -0.25) is 4.79 Å². The molecule has 2 rings (SSSR count). The Kier molecular flexibility index (Phi) is 3.94. The van der Waals surface area contributed by atoms with Crippen molar-refractivity contribution in [1.82, 2.24) is 4.57 Å². The number of hydrogen-bond acceptors (Lipinski definition) is 3. The van der Waals surface area contributed by atoms with Crippen LogP contribution < -0.4 is 10.2 Å². The van der Waals surface area contributed by atoms with Gasteiger partial charge in [-0.05, 0) is 37.6 Å². The van der Waals surface area contributed by atoms with Gasteiger partial charge in [-0.25, -0.2) is 0 Å².